The van der Waals surface area contributed by atoms with Crippen LogP contribution < -0.4 is 15.4 Å². The molecular weight excluding hydrogens is 485 g/mol. The summed E-state index contributed by atoms with van der Waals surface area (Å²) in [5.41, 5.74) is 1.65. The molecule has 35 heavy (non-hydrogen) atoms. The van der Waals surface area contributed by atoms with Gasteiger partial charge in [0.2, 0.25) is 0 Å². The van der Waals surface area contributed by atoms with Crippen molar-refractivity contribution in [1.82, 2.24) is 14.3 Å². The van der Waals surface area contributed by atoms with Crippen LogP contribution in [0.25, 0.3) is 11.7 Å². The van der Waals surface area contributed by atoms with E-state index in [0.29, 0.717) is 59.0 Å². The molecule has 10 heteroatoms. The van der Waals surface area contributed by atoms with E-state index in [1.165, 1.54) is 28.3 Å². The predicted octanol–water partition coefficient (Wildman–Crippen LogP) is 3.77. The highest BCUT2D eigenvalue weighted by atomic mass is 32.2. The minimum absolute atomic E-state index is 0.175. The van der Waals surface area contributed by atoms with Gasteiger partial charge in [-0.15, -0.1) is 0 Å². The Morgan fingerprint density at radius 2 is 1.77 bits per heavy atom. The van der Waals surface area contributed by atoms with Gasteiger partial charge in [-0.1, -0.05) is 37.0 Å². The van der Waals surface area contributed by atoms with Gasteiger partial charge in [0.15, 0.2) is 0 Å². The number of carbonyl (C=O) groups excluding carboxylic acids is 1. The maximum Gasteiger partial charge on any atom is 0.267 e. The number of thiocarbonyl (C=S) groups is 1. The van der Waals surface area contributed by atoms with Crippen LogP contribution in [-0.2, 0) is 4.79 Å². The fraction of sp³-hybridized carbons (Fsp3) is 0.280. The molecule has 3 aromatic rings. The first kappa shape index (κ1) is 23.5. The molecule has 2 aromatic heterocycles. The molecule has 0 atom stereocenters. The maximum atomic E-state index is 13.5. The molecule has 0 saturated carbocycles. The number of amides is 1. The summed E-state index contributed by atoms with van der Waals surface area (Å²) in [6.45, 7) is 5.19. The van der Waals surface area contributed by atoms with E-state index in [4.69, 9.17) is 17.2 Å². The number of anilines is 2. The van der Waals surface area contributed by atoms with Crippen LogP contribution in [0.3, 0.4) is 0 Å². The van der Waals surface area contributed by atoms with Crippen molar-refractivity contribution in [2.75, 3.05) is 42.5 Å². The normalized spacial score (nSPS) is 17.8. The van der Waals surface area contributed by atoms with Gasteiger partial charge in [0.05, 0.1) is 10.5 Å². The Labute approximate surface area is 211 Å². The Balaban J connectivity index is 1.50. The third kappa shape index (κ3) is 4.55. The second kappa shape index (κ2) is 9.79. The number of halogens is 1. The van der Waals surface area contributed by atoms with Crippen LogP contribution in [0.15, 0.2) is 58.4 Å². The van der Waals surface area contributed by atoms with Crippen LogP contribution in [0.2, 0.25) is 0 Å². The van der Waals surface area contributed by atoms with Crippen LogP contribution in [-0.4, -0.2) is 57.2 Å². The molecule has 5 rings (SSSR count). The monoisotopic (exact) mass is 509 g/mol. The SMILES string of the molecule is CCCN1C(=O)/C(=C\c2c(N3CCN(c4ccc(F)cc4)CC3)nc3ccccn3c2=O)SC1=S. The lowest BCUT2D eigenvalue weighted by Crippen LogP contribution is -2.47. The van der Waals surface area contributed by atoms with Crippen LogP contribution in [0.5, 0.6) is 0 Å². The first-order valence-corrected chi connectivity index (χ1v) is 12.7. The van der Waals surface area contributed by atoms with Crippen molar-refractivity contribution in [3.8, 4) is 0 Å². The van der Waals surface area contributed by atoms with Gasteiger partial charge in [-0.25, -0.2) is 9.37 Å². The zero-order chi connectivity index (χ0) is 24.5. The molecule has 2 saturated heterocycles. The molecule has 2 aliphatic heterocycles. The van der Waals surface area contributed by atoms with E-state index in [0.717, 1.165) is 12.1 Å². The smallest absolute Gasteiger partial charge is 0.267 e. The number of piperazine rings is 1. The van der Waals surface area contributed by atoms with Gasteiger partial charge in [-0.3, -0.25) is 18.9 Å². The number of thioether (sulfide) groups is 1. The minimum atomic E-state index is -0.262. The summed E-state index contributed by atoms with van der Waals surface area (Å²) in [5.74, 6) is 0.120. The number of benzene rings is 1. The number of hydrogen-bond donors (Lipinski definition) is 0. The van der Waals surface area contributed by atoms with Gasteiger partial charge in [0.1, 0.15) is 21.6 Å². The zero-order valence-corrected chi connectivity index (χ0v) is 20.8. The molecule has 0 bridgehead atoms. The van der Waals surface area contributed by atoms with Crippen molar-refractivity contribution in [1.29, 1.82) is 0 Å². The molecule has 180 valence electrons. The Morgan fingerprint density at radius 3 is 2.49 bits per heavy atom. The van der Waals surface area contributed by atoms with Crippen molar-refractivity contribution in [2.45, 2.75) is 13.3 Å². The van der Waals surface area contributed by atoms with Gasteiger partial charge in [-0.2, -0.15) is 0 Å². The quantitative estimate of drug-likeness (QED) is 0.383. The highest BCUT2D eigenvalue weighted by Gasteiger charge is 2.32. The summed E-state index contributed by atoms with van der Waals surface area (Å²) >= 11 is 6.62. The van der Waals surface area contributed by atoms with E-state index < -0.39 is 0 Å². The first-order chi connectivity index (χ1) is 17.0. The average Bonchev–Trinajstić information content (AvgIpc) is 3.14. The lowest BCUT2D eigenvalue weighted by Gasteiger charge is -2.37. The molecule has 1 amide bonds. The molecular formula is C25H24FN5O2S2. The van der Waals surface area contributed by atoms with Crippen molar-refractivity contribution in [3.05, 3.63) is 75.3 Å². The third-order valence-corrected chi connectivity index (χ3v) is 7.49. The van der Waals surface area contributed by atoms with Crippen LogP contribution in [0.1, 0.15) is 18.9 Å². The van der Waals surface area contributed by atoms with E-state index in [2.05, 4.69) is 9.80 Å². The fourth-order valence-electron chi connectivity index (χ4n) is 4.33. The Morgan fingerprint density at radius 1 is 1.06 bits per heavy atom. The lowest BCUT2D eigenvalue weighted by molar-refractivity contribution is -0.122. The molecule has 4 heterocycles. The Kier molecular flexibility index (Phi) is 6.57. The highest BCUT2D eigenvalue weighted by Crippen LogP contribution is 2.33. The number of rotatable bonds is 5. The van der Waals surface area contributed by atoms with E-state index in [1.54, 1.807) is 41.4 Å². The number of hydrogen-bond acceptors (Lipinski definition) is 7. The van der Waals surface area contributed by atoms with Gasteiger partial charge >= 0.3 is 0 Å². The van der Waals surface area contributed by atoms with Crippen molar-refractivity contribution in [3.63, 3.8) is 0 Å². The number of carbonyl (C=O) groups is 1. The molecule has 0 radical (unpaired) electrons. The zero-order valence-electron chi connectivity index (χ0n) is 19.2. The average molecular weight is 510 g/mol. The fourth-order valence-corrected chi connectivity index (χ4v) is 5.62. The van der Waals surface area contributed by atoms with Crippen LogP contribution >= 0.6 is 24.0 Å². The molecule has 2 aliphatic rings. The van der Waals surface area contributed by atoms with Crippen LogP contribution in [0, 0.1) is 5.82 Å². The molecule has 1 aromatic carbocycles. The van der Waals surface area contributed by atoms with E-state index >= 15 is 0 Å². The largest absolute Gasteiger partial charge is 0.368 e. The lowest BCUT2D eigenvalue weighted by atomic mass is 10.2. The highest BCUT2D eigenvalue weighted by molar-refractivity contribution is 8.26. The minimum Gasteiger partial charge on any atom is -0.368 e. The third-order valence-electron chi connectivity index (χ3n) is 6.12. The second-order valence-corrected chi connectivity index (χ2v) is 10.0. The summed E-state index contributed by atoms with van der Waals surface area (Å²) in [6, 6.07) is 11.9. The van der Waals surface area contributed by atoms with Crippen molar-refractivity contribution >= 4 is 57.4 Å². The molecule has 0 aliphatic carbocycles. The topological polar surface area (TPSA) is 61.2 Å². The molecule has 2 fully saturated rings. The Bertz CT molecular complexity index is 1380. The number of pyridine rings is 1. The standard InChI is InChI=1S/C25H24FN5O2S2/c1-2-10-31-24(33)20(35-25(31)34)16-19-22(27-21-5-3-4-11-30(21)23(19)32)29-14-12-28(13-15-29)18-8-6-17(26)7-9-18/h3-9,11,16H,2,10,12-15H2,1H3/b20-16+. The van der Waals surface area contributed by atoms with Gasteiger partial charge in [0.25, 0.3) is 11.5 Å². The maximum absolute atomic E-state index is 13.5. The second-order valence-electron chi connectivity index (χ2n) is 8.37. The van der Waals surface area contributed by atoms with Crippen molar-refractivity contribution < 1.29 is 9.18 Å². The number of aromatic nitrogens is 2. The van der Waals surface area contributed by atoms with E-state index in [9.17, 15) is 14.0 Å². The summed E-state index contributed by atoms with van der Waals surface area (Å²) < 4.78 is 15.3. The molecule has 0 spiro atoms. The number of nitrogens with zero attached hydrogens (tertiary/aromatic N) is 5. The summed E-state index contributed by atoms with van der Waals surface area (Å²) in [4.78, 5) is 37.6. The molecule has 0 N–H and O–H groups in total. The molecule has 0 unspecified atom stereocenters. The van der Waals surface area contributed by atoms with Crippen LogP contribution in [0.4, 0.5) is 15.9 Å². The number of fused-ring (bicyclic) bond motifs is 1. The van der Waals surface area contributed by atoms with Gasteiger partial charge < -0.3 is 9.80 Å². The summed E-state index contributed by atoms with van der Waals surface area (Å²) in [7, 11) is 0. The summed E-state index contributed by atoms with van der Waals surface area (Å²) in [6.07, 6.45) is 4.12. The van der Waals surface area contributed by atoms with E-state index in [1.807, 2.05) is 13.0 Å². The summed E-state index contributed by atoms with van der Waals surface area (Å²) in [5, 5.41) is 0. The van der Waals surface area contributed by atoms with E-state index in [-0.39, 0.29) is 17.3 Å². The first-order valence-electron chi connectivity index (χ1n) is 11.5. The van der Waals surface area contributed by atoms with Crippen molar-refractivity contribution in [2.24, 2.45) is 0 Å². The molecule has 7 nitrogen and oxygen atoms in total. The predicted molar refractivity (Wildman–Crippen MR) is 142 cm³/mol. The van der Waals surface area contributed by atoms with Gasteiger partial charge in [-0.05, 0) is 48.9 Å². The van der Waals surface area contributed by atoms with Gasteiger partial charge in [0, 0.05) is 44.6 Å². The Hall–Kier alpha value is -3.24.